The molecule has 1 saturated carbocycles. The van der Waals surface area contributed by atoms with E-state index in [2.05, 4.69) is 38.1 Å². The van der Waals surface area contributed by atoms with Gasteiger partial charge >= 0.3 is 0 Å². The molecule has 3 unspecified atom stereocenters. The number of benzene rings is 1. The van der Waals surface area contributed by atoms with Crippen LogP contribution in [0.15, 0.2) is 30.3 Å². The van der Waals surface area contributed by atoms with Crippen molar-refractivity contribution < 1.29 is 14.6 Å². The summed E-state index contributed by atoms with van der Waals surface area (Å²) in [7, 11) is 0. The lowest BCUT2D eigenvalue weighted by Crippen LogP contribution is -2.53. The summed E-state index contributed by atoms with van der Waals surface area (Å²) < 4.78 is 5.63. The van der Waals surface area contributed by atoms with E-state index in [1.807, 2.05) is 11.0 Å². The van der Waals surface area contributed by atoms with Crippen molar-refractivity contribution in [2.45, 2.75) is 63.5 Å². The Morgan fingerprint density at radius 1 is 1.28 bits per heavy atom. The Labute approximate surface area is 151 Å². The number of nitrogens with zero attached hydrogens (tertiary/aromatic N) is 1. The molecule has 1 aromatic rings. The van der Waals surface area contributed by atoms with Gasteiger partial charge in [0.05, 0.1) is 25.4 Å². The highest BCUT2D eigenvalue weighted by atomic mass is 16.5. The number of carbonyl (C=O) groups excluding carboxylic acids is 1. The van der Waals surface area contributed by atoms with E-state index in [-0.39, 0.29) is 29.4 Å². The van der Waals surface area contributed by atoms with Gasteiger partial charge in [0.25, 0.3) is 0 Å². The number of ether oxygens (including phenoxy) is 1. The van der Waals surface area contributed by atoms with E-state index < -0.39 is 0 Å². The van der Waals surface area contributed by atoms with Crippen LogP contribution >= 0.6 is 0 Å². The molecule has 1 saturated heterocycles. The molecule has 1 N–H and O–H groups in total. The van der Waals surface area contributed by atoms with E-state index in [1.165, 1.54) is 5.56 Å². The average Bonchev–Trinajstić information content (AvgIpc) is 3.06. The fourth-order valence-corrected chi connectivity index (χ4v) is 4.30. The molecule has 3 atom stereocenters. The number of amides is 1. The van der Waals surface area contributed by atoms with Gasteiger partial charge in [-0.25, -0.2) is 0 Å². The van der Waals surface area contributed by atoms with Crippen LogP contribution < -0.4 is 0 Å². The van der Waals surface area contributed by atoms with Crippen LogP contribution in [0.1, 0.15) is 51.5 Å². The molecule has 138 valence electrons. The molecule has 4 nitrogen and oxygen atoms in total. The predicted octanol–water partition coefficient (Wildman–Crippen LogP) is 3.13. The van der Waals surface area contributed by atoms with Gasteiger partial charge < -0.3 is 14.7 Å². The Bertz CT molecular complexity index is 572. The van der Waals surface area contributed by atoms with Crippen LogP contribution in [0.4, 0.5) is 0 Å². The SMILES string of the molecule is CC(C)(CCC(=O)N1CCOCC1C1CCCC1O)c1ccccc1. The second-order valence-corrected chi connectivity index (χ2v) is 8.14. The first-order valence-electron chi connectivity index (χ1n) is 9.60. The molecule has 1 aromatic carbocycles. The summed E-state index contributed by atoms with van der Waals surface area (Å²) in [6.45, 7) is 6.22. The first kappa shape index (κ1) is 18.4. The van der Waals surface area contributed by atoms with E-state index in [0.29, 0.717) is 26.2 Å². The van der Waals surface area contributed by atoms with Gasteiger partial charge in [-0.1, -0.05) is 50.6 Å². The van der Waals surface area contributed by atoms with Crippen LogP contribution in [0.3, 0.4) is 0 Å². The number of carbonyl (C=O) groups is 1. The Hall–Kier alpha value is -1.39. The Morgan fingerprint density at radius 2 is 2.04 bits per heavy atom. The van der Waals surface area contributed by atoms with Crippen molar-refractivity contribution in [1.29, 1.82) is 0 Å². The number of hydrogen-bond acceptors (Lipinski definition) is 3. The largest absolute Gasteiger partial charge is 0.393 e. The van der Waals surface area contributed by atoms with Gasteiger partial charge in [-0.05, 0) is 30.2 Å². The van der Waals surface area contributed by atoms with Crippen molar-refractivity contribution in [3.05, 3.63) is 35.9 Å². The summed E-state index contributed by atoms with van der Waals surface area (Å²) in [6.07, 6.45) is 3.97. The molecule has 0 spiro atoms. The van der Waals surface area contributed by atoms with Gasteiger partial charge in [0.15, 0.2) is 0 Å². The van der Waals surface area contributed by atoms with Crippen molar-refractivity contribution in [2.75, 3.05) is 19.8 Å². The topological polar surface area (TPSA) is 49.8 Å². The van der Waals surface area contributed by atoms with Crippen molar-refractivity contribution in [2.24, 2.45) is 5.92 Å². The molecular weight excluding hydrogens is 314 g/mol. The number of hydrogen-bond donors (Lipinski definition) is 1. The zero-order valence-corrected chi connectivity index (χ0v) is 15.5. The maximum atomic E-state index is 12.9. The Morgan fingerprint density at radius 3 is 2.72 bits per heavy atom. The van der Waals surface area contributed by atoms with Crippen LogP contribution in [0.5, 0.6) is 0 Å². The van der Waals surface area contributed by atoms with Crippen LogP contribution in [0.25, 0.3) is 0 Å². The highest BCUT2D eigenvalue weighted by Crippen LogP contribution is 2.33. The summed E-state index contributed by atoms with van der Waals surface area (Å²) in [6, 6.07) is 10.4. The highest BCUT2D eigenvalue weighted by molar-refractivity contribution is 5.76. The molecule has 4 heteroatoms. The summed E-state index contributed by atoms with van der Waals surface area (Å²) in [5.74, 6) is 0.378. The molecule has 0 aromatic heterocycles. The standard InChI is InChI=1S/C21H31NO3/c1-21(2,16-7-4-3-5-8-16)12-11-20(24)22-13-14-25-15-18(22)17-9-6-10-19(17)23/h3-5,7-8,17-19,23H,6,9-15H2,1-2H3. The van der Waals surface area contributed by atoms with E-state index in [9.17, 15) is 9.90 Å². The highest BCUT2D eigenvalue weighted by Gasteiger charge is 2.39. The third kappa shape index (κ3) is 4.24. The third-order valence-corrected chi connectivity index (χ3v) is 6.03. The van der Waals surface area contributed by atoms with Crippen LogP contribution in [0, 0.1) is 5.92 Å². The fourth-order valence-electron chi connectivity index (χ4n) is 4.30. The third-order valence-electron chi connectivity index (χ3n) is 6.03. The van der Waals surface area contributed by atoms with E-state index >= 15 is 0 Å². The van der Waals surface area contributed by atoms with E-state index in [4.69, 9.17) is 4.74 Å². The van der Waals surface area contributed by atoms with Crippen molar-refractivity contribution in [3.8, 4) is 0 Å². The van der Waals surface area contributed by atoms with Crippen molar-refractivity contribution in [1.82, 2.24) is 4.90 Å². The molecule has 1 aliphatic heterocycles. The molecule has 25 heavy (non-hydrogen) atoms. The molecule has 0 radical (unpaired) electrons. The average molecular weight is 345 g/mol. The summed E-state index contributed by atoms with van der Waals surface area (Å²) >= 11 is 0. The normalized spacial score (nSPS) is 27.5. The van der Waals surface area contributed by atoms with Gasteiger partial charge in [-0.15, -0.1) is 0 Å². The lowest BCUT2D eigenvalue weighted by Gasteiger charge is -2.40. The lowest BCUT2D eigenvalue weighted by atomic mass is 9.80. The second kappa shape index (κ2) is 7.88. The van der Waals surface area contributed by atoms with Gasteiger partial charge in [0.2, 0.25) is 5.91 Å². The van der Waals surface area contributed by atoms with Gasteiger partial charge in [0, 0.05) is 18.9 Å². The number of rotatable bonds is 5. The van der Waals surface area contributed by atoms with Crippen molar-refractivity contribution in [3.63, 3.8) is 0 Å². The number of aliphatic hydroxyl groups is 1. The van der Waals surface area contributed by atoms with Crippen LogP contribution in [0.2, 0.25) is 0 Å². The summed E-state index contributed by atoms with van der Waals surface area (Å²) in [4.78, 5) is 14.9. The van der Waals surface area contributed by atoms with E-state index in [1.54, 1.807) is 0 Å². The number of aliphatic hydroxyl groups excluding tert-OH is 1. The first-order valence-corrected chi connectivity index (χ1v) is 9.60. The monoisotopic (exact) mass is 345 g/mol. The molecule has 3 rings (SSSR count). The van der Waals surface area contributed by atoms with Crippen molar-refractivity contribution >= 4 is 5.91 Å². The molecule has 1 amide bonds. The lowest BCUT2D eigenvalue weighted by molar-refractivity contribution is -0.144. The quantitative estimate of drug-likeness (QED) is 0.892. The molecule has 0 bridgehead atoms. The van der Waals surface area contributed by atoms with Crippen LogP contribution in [-0.4, -0.2) is 47.8 Å². The molecule has 1 aliphatic carbocycles. The summed E-state index contributed by atoms with van der Waals surface area (Å²) in [5.41, 5.74) is 1.25. The minimum Gasteiger partial charge on any atom is -0.393 e. The molecule has 1 heterocycles. The Balaban J connectivity index is 1.63. The maximum Gasteiger partial charge on any atom is 0.223 e. The fraction of sp³-hybridized carbons (Fsp3) is 0.667. The number of morpholine rings is 1. The minimum absolute atomic E-state index is 0.0222. The predicted molar refractivity (Wildman–Crippen MR) is 98.4 cm³/mol. The molecule has 2 aliphatic rings. The molecule has 2 fully saturated rings. The smallest absolute Gasteiger partial charge is 0.223 e. The maximum absolute atomic E-state index is 12.9. The zero-order valence-electron chi connectivity index (χ0n) is 15.5. The molecular formula is C21H31NO3. The van der Waals surface area contributed by atoms with Gasteiger partial charge in [-0.2, -0.15) is 0 Å². The summed E-state index contributed by atoms with van der Waals surface area (Å²) in [5, 5.41) is 10.3. The zero-order chi connectivity index (χ0) is 17.9. The Kier molecular flexibility index (Phi) is 5.80. The van der Waals surface area contributed by atoms with Gasteiger partial charge in [-0.3, -0.25) is 4.79 Å². The van der Waals surface area contributed by atoms with Gasteiger partial charge in [0.1, 0.15) is 0 Å². The minimum atomic E-state index is -0.289. The first-order chi connectivity index (χ1) is 12.0. The second-order valence-electron chi connectivity index (χ2n) is 8.14. The van der Waals surface area contributed by atoms with Crippen LogP contribution in [-0.2, 0) is 14.9 Å². The van der Waals surface area contributed by atoms with E-state index in [0.717, 1.165) is 25.7 Å².